The number of methoxy groups -OCH3 is 1. The second-order valence-corrected chi connectivity index (χ2v) is 6.34. The zero-order valence-electron chi connectivity index (χ0n) is 13.0. The minimum atomic E-state index is -0.179. The Morgan fingerprint density at radius 1 is 1.15 bits per heavy atom. The molecule has 0 heterocycles. The topological polar surface area (TPSA) is 53.9 Å². The molecule has 0 aliphatic carbocycles. The number of carbonyl (C=O) groups is 1. The van der Waals surface area contributed by atoms with Crippen molar-refractivity contribution in [2.75, 3.05) is 25.2 Å². The Morgan fingerprint density at radius 3 is 2.10 bits per heavy atom. The highest BCUT2D eigenvalue weighted by molar-refractivity contribution is 8.12. The number of amidine groups is 1. The third-order valence-corrected chi connectivity index (χ3v) is 4.66. The fourth-order valence-electron chi connectivity index (χ4n) is 1.17. The van der Waals surface area contributed by atoms with Gasteiger partial charge in [0.25, 0.3) is 6.02 Å². The van der Waals surface area contributed by atoms with E-state index in [1.54, 1.807) is 27.6 Å². The number of amides is 2. The number of urea groups is 1. The van der Waals surface area contributed by atoms with E-state index in [0.717, 1.165) is 37.2 Å². The largest absolute Gasteiger partial charge is 0.468 e. The molecule has 0 saturated heterocycles. The van der Waals surface area contributed by atoms with Gasteiger partial charge in [-0.3, -0.25) is 5.32 Å². The maximum atomic E-state index is 12.2. The summed E-state index contributed by atoms with van der Waals surface area (Å²) < 4.78 is 6.74. The summed E-state index contributed by atoms with van der Waals surface area (Å²) in [5, 5.41) is 2.69. The van der Waals surface area contributed by atoms with Crippen molar-refractivity contribution < 1.29 is 9.53 Å². The van der Waals surface area contributed by atoms with Gasteiger partial charge < -0.3 is 4.74 Å². The molecule has 20 heavy (non-hydrogen) atoms. The molecular formula is C13H27N3O2S2. The number of hydrogen-bond donors (Lipinski definition) is 1. The van der Waals surface area contributed by atoms with Crippen molar-refractivity contribution in [3.05, 3.63) is 0 Å². The van der Waals surface area contributed by atoms with Crippen LogP contribution in [0.25, 0.3) is 0 Å². The third kappa shape index (κ3) is 9.36. The molecule has 0 aliphatic heterocycles. The molecule has 0 saturated carbocycles. The van der Waals surface area contributed by atoms with E-state index in [2.05, 4.69) is 24.2 Å². The van der Waals surface area contributed by atoms with Crippen LogP contribution in [0.1, 0.15) is 46.5 Å². The molecule has 0 aromatic carbocycles. The van der Waals surface area contributed by atoms with Gasteiger partial charge in [0.2, 0.25) is 0 Å². The number of nitrogens with zero attached hydrogens (tertiary/aromatic N) is 2. The lowest BCUT2D eigenvalue weighted by Crippen LogP contribution is -2.37. The van der Waals surface area contributed by atoms with Crippen LogP contribution in [0.5, 0.6) is 0 Å². The van der Waals surface area contributed by atoms with Crippen LogP contribution >= 0.6 is 23.9 Å². The molecule has 0 aromatic heterocycles. The quantitative estimate of drug-likeness (QED) is 0.303. The molecule has 7 heteroatoms. The molecule has 0 atom stereocenters. The van der Waals surface area contributed by atoms with Crippen molar-refractivity contribution in [1.82, 2.24) is 9.03 Å². The van der Waals surface area contributed by atoms with Gasteiger partial charge in [0.1, 0.15) is 0 Å². The highest BCUT2D eigenvalue weighted by Crippen LogP contribution is 2.24. The van der Waals surface area contributed by atoms with Crippen LogP contribution in [-0.4, -0.2) is 40.9 Å². The molecule has 0 aliphatic rings. The van der Waals surface area contributed by atoms with Gasteiger partial charge in [0, 0.05) is 18.1 Å². The molecule has 0 spiro atoms. The van der Waals surface area contributed by atoms with Crippen molar-refractivity contribution in [2.45, 2.75) is 46.5 Å². The molecule has 0 bridgehead atoms. The molecule has 0 rings (SSSR count). The van der Waals surface area contributed by atoms with Crippen molar-refractivity contribution in [1.29, 1.82) is 0 Å². The van der Waals surface area contributed by atoms with Crippen LogP contribution in [0.3, 0.4) is 0 Å². The maximum Gasteiger partial charge on any atom is 0.345 e. The van der Waals surface area contributed by atoms with Crippen molar-refractivity contribution in [3.63, 3.8) is 0 Å². The lowest BCUT2D eigenvalue weighted by atomic mass is 10.4. The van der Waals surface area contributed by atoms with Gasteiger partial charge in [-0.15, -0.1) is 0 Å². The van der Waals surface area contributed by atoms with Crippen LogP contribution < -0.4 is 5.32 Å². The van der Waals surface area contributed by atoms with E-state index >= 15 is 0 Å². The van der Waals surface area contributed by atoms with Gasteiger partial charge in [-0.25, -0.2) is 13.5 Å². The average Bonchev–Trinajstić information content (AvgIpc) is 2.45. The van der Waals surface area contributed by atoms with Crippen LogP contribution in [0.15, 0.2) is 4.99 Å². The molecule has 0 aromatic rings. The maximum absolute atomic E-state index is 12.2. The summed E-state index contributed by atoms with van der Waals surface area (Å²) in [4.78, 5) is 16.3. The summed E-state index contributed by atoms with van der Waals surface area (Å²) in [5.41, 5.74) is 0. The second kappa shape index (κ2) is 13.4. The number of hydrogen-bond acceptors (Lipinski definition) is 5. The van der Waals surface area contributed by atoms with E-state index in [-0.39, 0.29) is 12.1 Å². The van der Waals surface area contributed by atoms with E-state index in [0.29, 0.717) is 6.54 Å². The number of carbonyl (C=O) groups excluding carboxylic acids is 1. The molecule has 1 N–H and O–H groups in total. The summed E-state index contributed by atoms with van der Waals surface area (Å²) >= 11 is 3.10. The highest BCUT2D eigenvalue weighted by atomic mass is 32.2. The van der Waals surface area contributed by atoms with E-state index in [1.165, 1.54) is 7.11 Å². The van der Waals surface area contributed by atoms with Gasteiger partial charge in [-0.2, -0.15) is 0 Å². The van der Waals surface area contributed by atoms with Crippen LogP contribution in [-0.2, 0) is 4.74 Å². The summed E-state index contributed by atoms with van der Waals surface area (Å²) in [6.07, 6.45) is 4.46. The van der Waals surface area contributed by atoms with Crippen LogP contribution in [0, 0.1) is 0 Å². The lowest BCUT2D eigenvalue weighted by molar-refractivity contribution is 0.240. The minimum Gasteiger partial charge on any atom is -0.468 e. The summed E-state index contributed by atoms with van der Waals surface area (Å²) in [5.74, 6) is 1.88. The molecule has 0 radical (unpaired) electrons. The summed E-state index contributed by atoms with van der Waals surface area (Å²) in [6.45, 7) is 6.77. The Kier molecular flexibility index (Phi) is 13.0. The SMILES string of the molecule is CCCCSN(SCCCC)C(=O)NC(=NCC)OC. The highest BCUT2D eigenvalue weighted by Gasteiger charge is 2.16. The zero-order chi connectivity index (χ0) is 15.2. The van der Waals surface area contributed by atoms with Gasteiger partial charge in [0.15, 0.2) is 0 Å². The van der Waals surface area contributed by atoms with E-state index < -0.39 is 0 Å². The van der Waals surface area contributed by atoms with Crippen molar-refractivity contribution >= 4 is 35.9 Å². The average molecular weight is 322 g/mol. The number of rotatable bonds is 9. The first-order chi connectivity index (χ1) is 9.69. The molecule has 5 nitrogen and oxygen atoms in total. The predicted molar refractivity (Wildman–Crippen MR) is 90.1 cm³/mol. The molecular weight excluding hydrogens is 294 g/mol. The Bertz CT molecular complexity index is 279. The fraction of sp³-hybridized carbons (Fsp3) is 0.846. The minimum absolute atomic E-state index is 0.179. The number of ether oxygens (including phenoxy) is 1. The van der Waals surface area contributed by atoms with Crippen LogP contribution in [0.4, 0.5) is 4.79 Å². The van der Waals surface area contributed by atoms with Gasteiger partial charge in [-0.1, -0.05) is 26.7 Å². The van der Waals surface area contributed by atoms with Gasteiger partial charge in [-0.05, 0) is 43.7 Å². The molecule has 2 amide bonds. The van der Waals surface area contributed by atoms with E-state index in [4.69, 9.17) is 4.74 Å². The summed E-state index contributed by atoms with van der Waals surface area (Å²) in [7, 11) is 1.51. The normalized spacial score (nSPS) is 11.3. The predicted octanol–water partition coefficient (Wildman–Crippen LogP) is 3.92. The number of unbranched alkanes of at least 4 members (excludes halogenated alkanes) is 2. The standard InChI is InChI=1S/C13H27N3O2S2/c1-5-8-10-19-16(20-11-9-6-2)13(17)15-12(18-4)14-7-3/h5-11H2,1-4H3,(H,14,15,17). The zero-order valence-corrected chi connectivity index (χ0v) is 14.6. The molecule has 0 unspecified atom stereocenters. The Balaban J connectivity index is 4.39. The first kappa shape index (κ1) is 19.4. The van der Waals surface area contributed by atoms with Gasteiger partial charge in [0.05, 0.1) is 7.11 Å². The number of nitrogens with one attached hydrogen (secondary N) is 1. The Labute approximate surface area is 131 Å². The first-order valence-electron chi connectivity index (χ1n) is 7.14. The molecule has 0 fully saturated rings. The van der Waals surface area contributed by atoms with Crippen LogP contribution in [0.2, 0.25) is 0 Å². The van der Waals surface area contributed by atoms with Crippen molar-refractivity contribution in [2.24, 2.45) is 4.99 Å². The van der Waals surface area contributed by atoms with Crippen molar-refractivity contribution in [3.8, 4) is 0 Å². The van der Waals surface area contributed by atoms with Gasteiger partial charge >= 0.3 is 6.03 Å². The summed E-state index contributed by atoms with van der Waals surface area (Å²) in [6, 6.07) is 0.0935. The fourth-order valence-corrected chi connectivity index (χ4v) is 3.41. The third-order valence-electron chi connectivity index (χ3n) is 2.29. The first-order valence-corrected chi connectivity index (χ1v) is 9.03. The Hall–Kier alpha value is -0.560. The number of aliphatic imine (C=N–C) groups is 1. The lowest BCUT2D eigenvalue weighted by Gasteiger charge is -2.20. The monoisotopic (exact) mass is 321 g/mol. The Morgan fingerprint density at radius 2 is 1.70 bits per heavy atom. The van der Waals surface area contributed by atoms with E-state index in [1.807, 2.05) is 6.92 Å². The van der Waals surface area contributed by atoms with E-state index in [9.17, 15) is 4.79 Å². The smallest absolute Gasteiger partial charge is 0.345 e. The molecule has 118 valence electrons. The second-order valence-electron chi connectivity index (χ2n) is 4.04.